The Bertz CT molecular complexity index is 1140. The van der Waals surface area contributed by atoms with Crippen LogP contribution in [0.1, 0.15) is 16.8 Å². The van der Waals surface area contributed by atoms with Crippen LogP contribution < -0.4 is 15.8 Å². The molecule has 3 N–H and O–H groups in total. The second-order valence-corrected chi connectivity index (χ2v) is 6.85. The fourth-order valence-electron chi connectivity index (χ4n) is 3.12. The first-order valence-electron chi connectivity index (χ1n) is 9.43. The van der Waals surface area contributed by atoms with Gasteiger partial charge in [0.1, 0.15) is 17.4 Å². The van der Waals surface area contributed by atoms with E-state index in [1.807, 2.05) is 36.4 Å². The topological polar surface area (TPSA) is 86.2 Å². The number of anilines is 2. The van der Waals surface area contributed by atoms with Gasteiger partial charge in [-0.05, 0) is 29.3 Å². The van der Waals surface area contributed by atoms with E-state index >= 15 is 0 Å². The number of rotatable bonds is 7. The van der Waals surface area contributed by atoms with Crippen LogP contribution in [-0.2, 0) is 13.0 Å². The van der Waals surface area contributed by atoms with Crippen LogP contribution in [0.2, 0.25) is 0 Å². The van der Waals surface area contributed by atoms with E-state index in [1.165, 1.54) is 19.2 Å². The molecule has 0 unspecified atom stereocenters. The molecule has 30 heavy (non-hydrogen) atoms. The molecule has 4 aromatic rings. The molecule has 0 aliphatic rings. The quantitative estimate of drug-likeness (QED) is 0.466. The minimum Gasteiger partial charge on any atom is -0.497 e. The number of aromatic nitrogens is 2. The lowest BCUT2D eigenvalue weighted by Gasteiger charge is -2.09. The second-order valence-electron chi connectivity index (χ2n) is 6.85. The van der Waals surface area contributed by atoms with Crippen LogP contribution in [0, 0.1) is 5.82 Å². The van der Waals surface area contributed by atoms with Crippen molar-refractivity contribution in [2.45, 2.75) is 13.0 Å². The summed E-state index contributed by atoms with van der Waals surface area (Å²) in [6.07, 6.45) is 2.27. The summed E-state index contributed by atoms with van der Waals surface area (Å²) in [5.74, 6) is 1.15. The molecule has 0 radical (unpaired) electrons. The Balaban J connectivity index is 1.39. The van der Waals surface area contributed by atoms with Crippen LogP contribution in [-0.4, -0.2) is 17.3 Å². The Morgan fingerprint density at radius 3 is 2.63 bits per heavy atom. The lowest BCUT2D eigenvalue weighted by atomic mass is 10.1. The molecular formula is C23H21FN4O2. The number of nitrogen functional groups attached to an aromatic ring is 1. The van der Waals surface area contributed by atoms with Gasteiger partial charge in [0.25, 0.3) is 0 Å². The van der Waals surface area contributed by atoms with Crippen molar-refractivity contribution in [1.29, 1.82) is 0 Å². The van der Waals surface area contributed by atoms with Crippen molar-refractivity contribution in [3.8, 4) is 17.1 Å². The first-order valence-corrected chi connectivity index (χ1v) is 9.43. The van der Waals surface area contributed by atoms with Crippen molar-refractivity contribution in [3.63, 3.8) is 0 Å². The first-order chi connectivity index (χ1) is 14.6. The maximum atomic E-state index is 13.6. The zero-order valence-corrected chi connectivity index (χ0v) is 16.4. The largest absolute Gasteiger partial charge is 0.497 e. The van der Waals surface area contributed by atoms with Crippen LogP contribution in [0.25, 0.3) is 11.3 Å². The van der Waals surface area contributed by atoms with Crippen molar-refractivity contribution in [1.82, 2.24) is 10.1 Å². The van der Waals surface area contributed by atoms with Crippen LogP contribution in [0.3, 0.4) is 0 Å². The number of hydrogen-bond donors (Lipinski definition) is 2. The summed E-state index contributed by atoms with van der Waals surface area (Å²) >= 11 is 0. The fourth-order valence-corrected chi connectivity index (χ4v) is 3.12. The number of nitrogens with two attached hydrogens (primary N) is 1. The SMILES string of the molecule is COc1cc(F)cc(NCc2ccc(Cc3cc(-c4cccnc4N)on3)cc2)c1. The summed E-state index contributed by atoms with van der Waals surface area (Å²) in [4.78, 5) is 4.07. The molecule has 0 aliphatic carbocycles. The van der Waals surface area contributed by atoms with Crippen LogP contribution in [0.4, 0.5) is 15.9 Å². The molecule has 2 aromatic heterocycles. The predicted molar refractivity (Wildman–Crippen MR) is 114 cm³/mol. The Morgan fingerprint density at radius 1 is 1.07 bits per heavy atom. The van der Waals surface area contributed by atoms with Crippen LogP contribution >= 0.6 is 0 Å². The molecule has 0 fully saturated rings. The van der Waals surface area contributed by atoms with E-state index in [1.54, 1.807) is 18.3 Å². The van der Waals surface area contributed by atoms with Crippen LogP contribution in [0.15, 0.2) is 71.4 Å². The normalized spacial score (nSPS) is 10.7. The van der Waals surface area contributed by atoms with Crippen LogP contribution in [0.5, 0.6) is 5.75 Å². The van der Waals surface area contributed by atoms with E-state index in [4.69, 9.17) is 15.0 Å². The predicted octanol–water partition coefficient (Wildman–Crippen LogP) is 4.67. The molecule has 2 aromatic carbocycles. The van der Waals surface area contributed by atoms with E-state index in [2.05, 4.69) is 15.5 Å². The molecule has 2 heterocycles. The van der Waals surface area contributed by atoms with Crippen molar-refractivity contribution in [3.05, 3.63) is 89.5 Å². The van der Waals surface area contributed by atoms with Gasteiger partial charge in [0.2, 0.25) is 0 Å². The Hall–Kier alpha value is -3.87. The molecule has 7 heteroatoms. The minimum atomic E-state index is -0.341. The summed E-state index contributed by atoms with van der Waals surface area (Å²) in [5, 5.41) is 7.34. The average molecular weight is 404 g/mol. The summed E-state index contributed by atoms with van der Waals surface area (Å²) < 4.78 is 24.1. The molecule has 152 valence electrons. The van der Waals surface area contributed by atoms with Gasteiger partial charge in [0, 0.05) is 43.0 Å². The van der Waals surface area contributed by atoms with Crippen molar-refractivity contribution >= 4 is 11.5 Å². The van der Waals surface area contributed by atoms with Gasteiger partial charge < -0.3 is 20.3 Å². The minimum absolute atomic E-state index is 0.341. The molecular weight excluding hydrogens is 383 g/mol. The van der Waals surface area contributed by atoms with E-state index in [-0.39, 0.29) is 5.82 Å². The average Bonchev–Trinajstić information content (AvgIpc) is 3.21. The Labute approximate surface area is 173 Å². The molecule has 4 rings (SSSR count). The van der Waals surface area contributed by atoms with Gasteiger partial charge in [-0.1, -0.05) is 29.4 Å². The number of methoxy groups -OCH3 is 1. The summed E-state index contributed by atoms with van der Waals surface area (Å²) in [7, 11) is 1.51. The lowest BCUT2D eigenvalue weighted by molar-refractivity contribution is 0.411. The van der Waals surface area contributed by atoms with Crippen molar-refractivity contribution in [2.24, 2.45) is 0 Å². The molecule has 6 nitrogen and oxygen atoms in total. The van der Waals surface area contributed by atoms with E-state index in [9.17, 15) is 4.39 Å². The number of pyridine rings is 1. The molecule has 0 saturated carbocycles. The van der Waals surface area contributed by atoms with Gasteiger partial charge in [-0.2, -0.15) is 0 Å². The Morgan fingerprint density at radius 2 is 1.87 bits per heavy atom. The monoisotopic (exact) mass is 404 g/mol. The third-order valence-corrected chi connectivity index (χ3v) is 4.67. The van der Waals surface area contributed by atoms with Gasteiger partial charge in [-0.3, -0.25) is 0 Å². The highest BCUT2D eigenvalue weighted by Crippen LogP contribution is 2.25. The van der Waals surface area contributed by atoms with Gasteiger partial charge in [-0.25, -0.2) is 9.37 Å². The number of halogens is 1. The molecule has 0 aliphatic heterocycles. The highest BCUT2D eigenvalue weighted by atomic mass is 19.1. The number of nitrogens with zero attached hydrogens (tertiary/aromatic N) is 2. The smallest absolute Gasteiger partial charge is 0.170 e. The lowest BCUT2D eigenvalue weighted by Crippen LogP contribution is -2.00. The second kappa shape index (κ2) is 8.65. The zero-order chi connectivity index (χ0) is 20.9. The van der Waals surface area contributed by atoms with E-state index in [0.717, 1.165) is 22.4 Å². The van der Waals surface area contributed by atoms with E-state index < -0.39 is 0 Å². The van der Waals surface area contributed by atoms with Gasteiger partial charge in [0.15, 0.2) is 5.76 Å². The van der Waals surface area contributed by atoms with E-state index in [0.29, 0.717) is 36.0 Å². The molecule has 0 amide bonds. The van der Waals surface area contributed by atoms with Gasteiger partial charge in [-0.15, -0.1) is 0 Å². The molecule has 0 spiro atoms. The fraction of sp³-hybridized carbons (Fsp3) is 0.130. The zero-order valence-electron chi connectivity index (χ0n) is 16.4. The number of hydrogen-bond acceptors (Lipinski definition) is 6. The third-order valence-electron chi connectivity index (χ3n) is 4.67. The molecule has 0 atom stereocenters. The summed E-state index contributed by atoms with van der Waals surface area (Å²) in [6.45, 7) is 0.571. The number of ether oxygens (including phenoxy) is 1. The standard InChI is InChI=1S/C23H21FN4O2/c1-29-20-11-17(24)10-18(12-20)27-14-16-6-4-15(5-7-16)9-19-13-22(30-28-19)21-3-2-8-26-23(21)25/h2-8,10-13,27H,9,14H2,1H3,(H2,25,26). The number of nitrogens with one attached hydrogen (secondary N) is 1. The van der Waals surface area contributed by atoms with Crippen molar-refractivity contribution in [2.75, 3.05) is 18.2 Å². The van der Waals surface area contributed by atoms with Crippen molar-refractivity contribution < 1.29 is 13.7 Å². The third kappa shape index (κ3) is 4.57. The van der Waals surface area contributed by atoms with Gasteiger partial charge >= 0.3 is 0 Å². The first kappa shape index (κ1) is 19.4. The maximum absolute atomic E-state index is 13.6. The Kier molecular flexibility index (Phi) is 5.61. The van der Waals surface area contributed by atoms with Gasteiger partial charge in [0.05, 0.1) is 18.4 Å². The summed E-state index contributed by atoms with van der Waals surface area (Å²) in [6, 6.07) is 18.2. The molecule has 0 saturated heterocycles. The maximum Gasteiger partial charge on any atom is 0.170 e. The summed E-state index contributed by atoms with van der Waals surface area (Å²) in [5.41, 5.74) is 10.3. The number of benzene rings is 2. The molecule has 0 bridgehead atoms. The highest BCUT2D eigenvalue weighted by Gasteiger charge is 2.10. The highest BCUT2D eigenvalue weighted by molar-refractivity contribution is 5.69.